The van der Waals surface area contributed by atoms with Gasteiger partial charge in [0.1, 0.15) is 0 Å². The van der Waals surface area contributed by atoms with Crippen molar-refractivity contribution in [3.05, 3.63) is 47.8 Å². The molecule has 2 heterocycles. The number of rotatable bonds is 4. The molecule has 25 heavy (non-hydrogen) atoms. The molecule has 0 aliphatic carbocycles. The molecule has 1 fully saturated rings. The standard InChI is InChI=1S/C17H18F3N3O2/c1-11-4-2-3-5-15(11)23-12(6-7-21-23)8-22-9-13(16(24)25)14(10-22)17(18,19)20/h2-7,13-14H,8-10H2,1H3,(H,24,25)/t13-,14-/m1/s1. The molecule has 0 saturated carbocycles. The molecule has 0 amide bonds. The third-order valence-corrected chi connectivity index (χ3v) is 4.58. The normalized spacial score (nSPS) is 21.6. The largest absolute Gasteiger partial charge is 0.481 e. The summed E-state index contributed by atoms with van der Waals surface area (Å²) in [5.41, 5.74) is 2.57. The average Bonchev–Trinajstić information content (AvgIpc) is 3.15. The molecule has 1 aliphatic heterocycles. The number of para-hydroxylation sites is 1. The van der Waals surface area contributed by atoms with Crippen molar-refractivity contribution in [3.63, 3.8) is 0 Å². The number of hydrogen-bond acceptors (Lipinski definition) is 3. The van der Waals surface area contributed by atoms with Gasteiger partial charge in [-0.1, -0.05) is 18.2 Å². The first-order valence-corrected chi connectivity index (χ1v) is 7.88. The number of benzene rings is 1. The summed E-state index contributed by atoms with van der Waals surface area (Å²) >= 11 is 0. The van der Waals surface area contributed by atoms with E-state index >= 15 is 0 Å². The van der Waals surface area contributed by atoms with Crippen molar-refractivity contribution in [2.24, 2.45) is 11.8 Å². The smallest absolute Gasteiger partial charge is 0.393 e. The Morgan fingerprint density at radius 1 is 1.28 bits per heavy atom. The molecule has 8 heteroatoms. The number of aryl methyl sites for hydroxylation is 1. The van der Waals surface area contributed by atoms with E-state index in [0.717, 1.165) is 16.9 Å². The van der Waals surface area contributed by atoms with Crippen LogP contribution in [-0.4, -0.2) is 45.0 Å². The number of nitrogens with zero attached hydrogens (tertiary/aromatic N) is 3. The van der Waals surface area contributed by atoms with Gasteiger partial charge in [0.15, 0.2) is 0 Å². The fourth-order valence-corrected chi connectivity index (χ4v) is 3.29. The maximum atomic E-state index is 13.1. The zero-order chi connectivity index (χ0) is 18.2. The Bertz CT molecular complexity index is 772. The summed E-state index contributed by atoms with van der Waals surface area (Å²) in [6.45, 7) is 1.69. The number of aliphatic carboxylic acids is 1. The predicted octanol–water partition coefficient (Wildman–Crippen LogP) is 2.88. The maximum Gasteiger partial charge on any atom is 0.393 e. The highest BCUT2D eigenvalue weighted by Crippen LogP contribution is 2.38. The summed E-state index contributed by atoms with van der Waals surface area (Å²) in [7, 11) is 0. The van der Waals surface area contributed by atoms with Crippen LogP contribution in [0.5, 0.6) is 0 Å². The second-order valence-corrected chi connectivity index (χ2v) is 6.31. The number of carbonyl (C=O) groups is 1. The highest BCUT2D eigenvalue weighted by molar-refractivity contribution is 5.71. The van der Waals surface area contributed by atoms with Crippen LogP contribution in [0, 0.1) is 18.8 Å². The molecule has 0 spiro atoms. The Kier molecular flexibility index (Phi) is 4.55. The molecule has 1 aromatic heterocycles. The number of alkyl halides is 3. The Balaban J connectivity index is 1.82. The minimum absolute atomic E-state index is 0.127. The first kappa shape index (κ1) is 17.5. The summed E-state index contributed by atoms with van der Waals surface area (Å²) in [5, 5.41) is 13.4. The van der Waals surface area contributed by atoms with E-state index in [1.165, 1.54) is 4.90 Å². The lowest BCUT2D eigenvalue weighted by Crippen LogP contribution is -2.33. The zero-order valence-electron chi connectivity index (χ0n) is 13.6. The predicted molar refractivity (Wildman–Crippen MR) is 84.2 cm³/mol. The lowest BCUT2D eigenvalue weighted by Gasteiger charge is -2.19. The monoisotopic (exact) mass is 353 g/mol. The summed E-state index contributed by atoms with van der Waals surface area (Å²) in [6.07, 6.45) is -2.93. The Hall–Kier alpha value is -2.35. The van der Waals surface area contributed by atoms with E-state index in [2.05, 4.69) is 5.10 Å². The van der Waals surface area contributed by atoms with Crippen molar-refractivity contribution in [3.8, 4) is 5.69 Å². The van der Waals surface area contributed by atoms with E-state index in [9.17, 15) is 18.0 Å². The molecule has 1 saturated heterocycles. The van der Waals surface area contributed by atoms with E-state index in [-0.39, 0.29) is 19.6 Å². The van der Waals surface area contributed by atoms with Crippen LogP contribution < -0.4 is 0 Å². The quantitative estimate of drug-likeness (QED) is 0.918. The molecule has 1 aromatic carbocycles. The van der Waals surface area contributed by atoms with Crippen LogP contribution in [0.1, 0.15) is 11.3 Å². The molecule has 0 radical (unpaired) electrons. The number of carboxylic acids is 1. The zero-order valence-corrected chi connectivity index (χ0v) is 13.6. The first-order valence-electron chi connectivity index (χ1n) is 7.88. The van der Waals surface area contributed by atoms with E-state index in [1.807, 2.05) is 31.2 Å². The van der Waals surface area contributed by atoms with Gasteiger partial charge in [0, 0.05) is 25.8 Å². The van der Waals surface area contributed by atoms with Crippen molar-refractivity contribution in [2.75, 3.05) is 13.1 Å². The SMILES string of the molecule is Cc1ccccc1-n1nccc1CN1C[C@@H](C(F)(F)F)[C@H](C(=O)O)C1. The molecule has 0 bridgehead atoms. The van der Waals surface area contributed by atoms with Crippen molar-refractivity contribution < 1.29 is 23.1 Å². The minimum Gasteiger partial charge on any atom is -0.481 e. The first-order chi connectivity index (χ1) is 11.8. The summed E-state index contributed by atoms with van der Waals surface area (Å²) in [6, 6.07) is 9.31. The van der Waals surface area contributed by atoms with E-state index < -0.39 is 24.0 Å². The molecular formula is C17H18F3N3O2. The average molecular weight is 353 g/mol. The van der Waals surface area contributed by atoms with Gasteiger partial charge in [-0.25, -0.2) is 4.68 Å². The third kappa shape index (κ3) is 3.53. The third-order valence-electron chi connectivity index (χ3n) is 4.58. The molecule has 5 nitrogen and oxygen atoms in total. The van der Waals surface area contributed by atoms with Gasteiger partial charge < -0.3 is 5.11 Å². The molecule has 1 aliphatic rings. The van der Waals surface area contributed by atoms with Gasteiger partial charge in [-0.05, 0) is 24.6 Å². The molecule has 2 atom stereocenters. The second kappa shape index (κ2) is 6.51. The van der Waals surface area contributed by atoms with E-state index in [1.54, 1.807) is 16.9 Å². The number of aromatic nitrogens is 2. The Morgan fingerprint density at radius 2 is 2.00 bits per heavy atom. The van der Waals surface area contributed by atoms with Crippen LogP contribution in [-0.2, 0) is 11.3 Å². The highest BCUT2D eigenvalue weighted by atomic mass is 19.4. The molecule has 1 N–H and O–H groups in total. The van der Waals surface area contributed by atoms with Crippen LogP contribution in [0.25, 0.3) is 5.69 Å². The molecular weight excluding hydrogens is 335 g/mol. The van der Waals surface area contributed by atoms with Crippen LogP contribution in [0.2, 0.25) is 0 Å². The van der Waals surface area contributed by atoms with Gasteiger partial charge in [0.05, 0.1) is 23.2 Å². The van der Waals surface area contributed by atoms with Gasteiger partial charge in [-0.2, -0.15) is 18.3 Å². The van der Waals surface area contributed by atoms with E-state index in [0.29, 0.717) is 0 Å². The molecule has 2 aromatic rings. The second-order valence-electron chi connectivity index (χ2n) is 6.31. The van der Waals surface area contributed by atoms with Crippen molar-refractivity contribution >= 4 is 5.97 Å². The van der Waals surface area contributed by atoms with Gasteiger partial charge >= 0.3 is 12.1 Å². The number of halogens is 3. The fraction of sp³-hybridized carbons (Fsp3) is 0.412. The summed E-state index contributed by atoms with van der Waals surface area (Å²) < 4.78 is 41.0. The lowest BCUT2D eigenvalue weighted by atomic mass is 9.96. The fourth-order valence-electron chi connectivity index (χ4n) is 3.29. The summed E-state index contributed by atoms with van der Waals surface area (Å²) in [5.74, 6) is -4.69. The highest BCUT2D eigenvalue weighted by Gasteiger charge is 2.52. The summed E-state index contributed by atoms with van der Waals surface area (Å²) in [4.78, 5) is 12.7. The van der Waals surface area contributed by atoms with Crippen LogP contribution in [0.4, 0.5) is 13.2 Å². The van der Waals surface area contributed by atoms with Crippen molar-refractivity contribution in [1.82, 2.24) is 14.7 Å². The van der Waals surface area contributed by atoms with Crippen LogP contribution in [0.3, 0.4) is 0 Å². The number of hydrogen-bond donors (Lipinski definition) is 1. The Labute approximate surface area is 142 Å². The molecule has 134 valence electrons. The van der Waals surface area contributed by atoms with Crippen molar-refractivity contribution in [2.45, 2.75) is 19.6 Å². The van der Waals surface area contributed by atoms with Crippen molar-refractivity contribution in [1.29, 1.82) is 0 Å². The van der Waals surface area contributed by atoms with Crippen LogP contribution >= 0.6 is 0 Å². The molecule has 0 unspecified atom stereocenters. The minimum atomic E-state index is -4.52. The van der Waals surface area contributed by atoms with Gasteiger partial charge in [-0.15, -0.1) is 0 Å². The van der Waals surface area contributed by atoms with Gasteiger partial charge in [0.2, 0.25) is 0 Å². The Morgan fingerprint density at radius 3 is 2.60 bits per heavy atom. The van der Waals surface area contributed by atoms with Crippen LogP contribution in [0.15, 0.2) is 36.5 Å². The number of likely N-dealkylation sites (tertiary alicyclic amines) is 1. The number of carboxylic acid groups (broad SMARTS) is 1. The van der Waals surface area contributed by atoms with Gasteiger partial charge in [-0.3, -0.25) is 9.69 Å². The molecule has 3 rings (SSSR count). The lowest BCUT2D eigenvalue weighted by molar-refractivity contribution is -0.188. The van der Waals surface area contributed by atoms with E-state index in [4.69, 9.17) is 5.11 Å². The maximum absolute atomic E-state index is 13.1. The topological polar surface area (TPSA) is 58.4 Å². The van der Waals surface area contributed by atoms with Gasteiger partial charge in [0.25, 0.3) is 0 Å².